The van der Waals surface area contributed by atoms with E-state index in [0.29, 0.717) is 11.4 Å². The Hall–Kier alpha value is -2.21. The molecule has 2 aromatic rings. The SMILES string of the molecule is O=S1(=O)NC(=NC2CCc3ccc(F)cc32)c2ccccc21. The summed E-state index contributed by atoms with van der Waals surface area (Å²) in [6, 6.07) is 11.2. The third kappa shape index (κ3) is 2.02. The van der Waals surface area contributed by atoms with Crippen LogP contribution in [-0.2, 0) is 16.4 Å². The van der Waals surface area contributed by atoms with E-state index in [0.717, 1.165) is 24.0 Å². The van der Waals surface area contributed by atoms with Gasteiger partial charge in [-0.3, -0.25) is 9.71 Å². The smallest absolute Gasteiger partial charge is 0.263 e. The summed E-state index contributed by atoms with van der Waals surface area (Å²) in [6.07, 6.45) is 1.58. The highest BCUT2D eigenvalue weighted by Gasteiger charge is 2.32. The molecule has 112 valence electrons. The van der Waals surface area contributed by atoms with Crippen LogP contribution in [0.25, 0.3) is 0 Å². The molecule has 0 bridgehead atoms. The number of fused-ring (bicyclic) bond motifs is 2. The van der Waals surface area contributed by atoms with Gasteiger partial charge in [0.15, 0.2) is 0 Å². The average molecular weight is 316 g/mol. The summed E-state index contributed by atoms with van der Waals surface area (Å²) in [5.74, 6) is 0.0518. The minimum Gasteiger partial charge on any atom is -0.263 e. The number of aliphatic imine (C=N–C) groups is 1. The number of nitrogens with zero attached hydrogens (tertiary/aromatic N) is 1. The van der Waals surface area contributed by atoms with Crippen LogP contribution in [0.4, 0.5) is 4.39 Å². The van der Waals surface area contributed by atoms with E-state index in [9.17, 15) is 12.8 Å². The van der Waals surface area contributed by atoms with Crippen LogP contribution >= 0.6 is 0 Å². The summed E-state index contributed by atoms with van der Waals surface area (Å²) in [6.45, 7) is 0. The van der Waals surface area contributed by atoms with Gasteiger partial charge < -0.3 is 0 Å². The molecule has 2 aromatic carbocycles. The molecule has 4 nitrogen and oxygen atoms in total. The van der Waals surface area contributed by atoms with Gasteiger partial charge in [-0.25, -0.2) is 12.8 Å². The molecule has 1 atom stereocenters. The van der Waals surface area contributed by atoms with Crippen molar-refractivity contribution in [2.24, 2.45) is 4.99 Å². The Morgan fingerprint density at radius 1 is 1.18 bits per heavy atom. The first-order chi connectivity index (χ1) is 10.5. The van der Waals surface area contributed by atoms with Crippen molar-refractivity contribution in [2.75, 3.05) is 0 Å². The van der Waals surface area contributed by atoms with Crippen molar-refractivity contribution in [1.82, 2.24) is 4.72 Å². The van der Waals surface area contributed by atoms with Crippen LogP contribution in [-0.4, -0.2) is 14.3 Å². The molecule has 0 radical (unpaired) electrons. The van der Waals surface area contributed by atoms with Gasteiger partial charge in [-0.2, -0.15) is 0 Å². The van der Waals surface area contributed by atoms with E-state index in [1.807, 2.05) is 0 Å². The number of hydrogen-bond donors (Lipinski definition) is 1. The number of nitrogens with one attached hydrogen (secondary N) is 1. The summed E-state index contributed by atoms with van der Waals surface area (Å²) in [4.78, 5) is 4.80. The highest BCUT2D eigenvalue weighted by Crippen LogP contribution is 2.35. The zero-order chi connectivity index (χ0) is 15.3. The molecular formula is C16H13FN2O2S. The number of benzene rings is 2. The lowest BCUT2D eigenvalue weighted by molar-refractivity contribution is 0.594. The zero-order valence-corrected chi connectivity index (χ0v) is 12.4. The fourth-order valence-corrected chi connectivity index (χ4v) is 4.31. The summed E-state index contributed by atoms with van der Waals surface area (Å²) in [5, 5.41) is 0. The molecule has 0 saturated carbocycles. The Morgan fingerprint density at radius 3 is 2.86 bits per heavy atom. The van der Waals surface area contributed by atoms with Gasteiger partial charge in [0.25, 0.3) is 10.0 Å². The Balaban J connectivity index is 1.79. The number of aryl methyl sites for hydroxylation is 1. The first-order valence-corrected chi connectivity index (χ1v) is 8.51. The van der Waals surface area contributed by atoms with Crippen LogP contribution in [0.3, 0.4) is 0 Å². The van der Waals surface area contributed by atoms with Crippen LogP contribution in [0.15, 0.2) is 52.4 Å². The Morgan fingerprint density at radius 2 is 2.00 bits per heavy atom. The van der Waals surface area contributed by atoms with E-state index in [1.54, 1.807) is 30.3 Å². The monoisotopic (exact) mass is 316 g/mol. The normalized spacial score (nSPS) is 23.1. The molecule has 6 heteroatoms. The average Bonchev–Trinajstić information content (AvgIpc) is 2.99. The lowest BCUT2D eigenvalue weighted by Crippen LogP contribution is -2.22. The van der Waals surface area contributed by atoms with Gasteiger partial charge in [0, 0.05) is 5.56 Å². The summed E-state index contributed by atoms with van der Waals surface area (Å²) >= 11 is 0. The molecule has 1 N–H and O–H groups in total. The van der Waals surface area contributed by atoms with Crippen LogP contribution in [0.5, 0.6) is 0 Å². The van der Waals surface area contributed by atoms with Crippen LogP contribution in [0.1, 0.15) is 29.2 Å². The number of sulfonamides is 1. The third-order valence-corrected chi connectivity index (χ3v) is 5.50. The summed E-state index contributed by atoms with van der Waals surface area (Å²) in [5.41, 5.74) is 2.49. The van der Waals surface area contributed by atoms with E-state index in [1.165, 1.54) is 12.1 Å². The van der Waals surface area contributed by atoms with Gasteiger partial charge in [-0.1, -0.05) is 18.2 Å². The van der Waals surface area contributed by atoms with E-state index in [2.05, 4.69) is 9.71 Å². The van der Waals surface area contributed by atoms with Crippen LogP contribution < -0.4 is 4.72 Å². The fourth-order valence-electron chi connectivity index (χ4n) is 3.07. The lowest BCUT2D eigenvalue weighted by atomic mass is 10.1. The topological polar surface area (TPSA) is 58.5 Å². The maximum absolute atomic E-state index is 13.5. The Labute approximate surface area is 127 Å². The molecule has 0 aromatic heterocycles. The molecule has 22 heavy (non-hydrogen) atoms. The largest absolute Gasteiger partial charge is 0.263 e. The van der Waals surface area contributed by atoms with Gasteiger partial charge in [-0.15, -0.1) is 0 Å². The molecule has 4 rings (SSSR count). The van der Waals surface area contributed by atoms with Crippen LogP contribution in [0.2, 0.25) is 0 Å². The van der Waals surface area contributed by atoms with Gasteiger partial charge in [0.1, 0.15) is 11.7 Å². The van der Waals surface area contributed by atoms with Gasteiger partial charge in [-0.05, 0) is 48.2 Å². The lowest BCUT2D eigenvalue weighted by Gasteiger charge is -2.08. The predicted molar refractivity (Wildman–Crippen MR) is 80.8 cm³/mol. The standard InChI is InChI=1S/C16H13FN2O2S/c17-11-7-5-10-6-8-14(13(10)9-11)18-16-12-3-1-2-4-15(12)22(20,21)19-16/h1-5,7,9,14H,6,8H2,(H,18,19). The second kappa shape index (κ2) is 4.64. The Kier molecular flexibility index (Phi) is 2.84. The number of rotatable bonds is 1. The number of amidine groups is 1. The first kappa shape index (κ1) is 13.5. The van der Waals surface area contributed by atoms with E-state index in [4.69, 9.17) is 0 Å². The molecule has 1 aliphatic carbocycles. The van der Waals surface area contributed by atoms with Crippen molar-refractivity contribution in [3.05, 3.63) is 65.0 Å². The van der Waals surface area contributed by atoms with E-state index in [-0.39, 0.29) is 16.8 Å². The van der Waals surface area contributed by atoms with Crippen molar-refractivity contribution in [2.45, 2.75) is 23.8 Å². The molecule has 0 fully saturated rings. The van der Waals surface area contributed by atoms with Crippen molar-refractivity contribution in [3.8, 4) is 0 Å². The third-order valence-electron chi connectivity index (χ3n) is 4.10. The molecule has 1 heterocycles. The highest BCUT2D eigenvalue weighted by molar-refractivity contribution is 7.90. The van der Waals surface area contributed by atoms with Gasteiger partial charge in [0.2, 0.25) is 0 Å². The predicted octanol–water partition coefficient (Wildman–Crippen LogP) is 2.55. The molecule has 2 aliphatic rings. The molecule has 0 spiro atoms. The van der Waals surface area contributed by atoms with Gasteiger partial charge >= 0.3 is 0 Å². The van der Waals surface area contributed by atoms with Crippen molar-refractivity contribution in [3.63, 3.8) is 0 Å². The second-order valence-electron chi connectivity index (χ2n) is 5.48. The molecule has 0 amide bonds. The van der Waals surface area contributed by atoms with Crippen molar-refractivity contribution >= 4 is 15.9 Å². The minimum atomic E-state index is -3.54. The maximum atomic E-state index is 13.5. The molecule has 1 aliphatic heterocycles. The maximum Gasteiger partial charge on any atom is 0.263 e. The first-order valence-electron chi connectivity index (χ1n) is 7.03. The quantitative estimate of drug-likeness (QED) is 0.879. The second-order valence-corrected chi connectivity index (χ2v) is 7.13. The minimum absolute atomic E-state index is 0.213. The van der Waals surface area contributed by atoms with Crippen LogP contribution in [0, 0.1) is 5.82 Å². The summed E-state index contributed by atoms with van der Waals surface area (Å²) < 4.78 is 40.1. The summed E-state index contributed by atoms with van der Waals surface area (Å²) in [7, 11) is -3.54. The van der Waals surface area contributed by atoms with E-state index >= 15 is 0 Å². The number of hydrogen-bond acceptors (Lipinski definition) is 3. The van der Waals surface area contributed by atoms with E-state index < -0.39 is 10.0 Å². The Bertz CT molecular complexity index is 906. The molecule has 0 saturated heterocycles. The van der Waals surface area contributed by atoms with Crippen molar-refractivity contribution in [1.29, 1.82) is 0 Å². The van der Waals surface area contributed by atoms with Crippen molar-refractivity contribution < 1.29 is 12.8 Å². The highest BCUT2D eigenvalue weighted by atomic mass is 32.2. The fraction of sp³-hybridized carbons (Fsp3) is 0.188. The molecule has 1 unspecified atom stereocenters. The van der Waals surface area contributed by atoms with Gasteiger partial charge in [0.05, 0.1) is 10.9 Å². The zero-order valence-electron chi connectivity index (χ0n) is 11.6. The molecular weight excluding hydrogens is 303 g/mol. The number of halogens is 1.